The van der Waals surface area contributed by atoms with Crippen molar-refractivity contribution in [2.45, 2.75) is 73.1 Å². The molecule has 1 aromatic rings. The van der Waals surface area contributed by atoms with Crippen LogP contribution >= 0.6 is 0 Å². The number of esters is 1. The van der Waals surface area contributed by atoms with Gasteiger partial charge in [0.2, 0.25) is 0 Å². The Morgan fingerprint density at radius 3 is 1.89 bits per heavy atom. The molecule has 0 aliphatic rings. The Kier molecular flexibility index (Phi) is 14.9. The molecule has 0 fully saturated rings. The number of ether oxygens (including phenoxy) is 3. The van der Waals surface area contributed by atoms with Crippen LogP contribution in [0.25, 0.3) is 5.57 Å². The lowest BCUT2D eigenvalue weighted by atomic mass is 10.0. The van der Waals surface area contributed by atoms with Crippen molar-refractivity contribution in [3.63, 3.8) is 0 Å². The van der Waals surface area contributed by atoms with Gasteiger partial charge in [0, 0.05) is 5.56 Å². The smallest absolute Gasteiger partial charge is 0.341 e. The minimum Gasteiger partial charge on any atom is -0.503 e. The van der Waals surface area contributed by atoms with E-state index in [4.69, 9.17) is 14.2 Å². The molecule has 192 valence electrons. The second-order valence-electron chi connectivity index (χ2n) is 8.95. The van der Waals surface area contributed by atoms with Crippen LogP contribution in [-0.2, 0) is 14.3 Å². The molecule has 4 nitrogen and oxygen atoms in total. The average molecular weight is 481 g/mol. The maximum absolute atomic E-state index is 12.1. The zero-order valence-corrected chi connectivity index (χ0v) is 22.8. The fraction of sp³-hybridized carbons (Fsp3) is 0.452. The number of carbonyl (C=O) groups is 1. The van der Waals surface area contributed by atoms with Crippen LogP contribution in [0.5, 0.6) is 5.75 Å². The maximum Gasteiger partial charge on any atom is 0.341 e. The molecule has 0 N–H and O–H groups in total. The van der Waals surface area contributed by atoms with Gasteiger partial charge in [0.1, 0.15) is 17.9 Å². The van der Waals surface area contributed by atoms with Gasteiger partial charge in [-0.2, -0.15) is 0 Å². The molecule has 35 heavy (non-hydrogen) atoms. The highest BCUT2D eigenvalue weighted by Crippen LogP contribution is 2.27. The molecule has 0 radical (unpaired) electrons. The van der Waals surface area contributed by atoms with Gasteiger partial charge in [-0.1, -0.05) is 59.2 Å². The zero-order valence-electron chi connectivity index (χ0n) is 22.8. The molecular formula is C31H44O4. The molecule has 0 aliphatic heterocycles. The Morgan fingerprint density at radius 1 is 0.800 bits per heavy atom. The quantitative estimate of drug-likeness (QED) is 0.109. The van der Waals surface area contributed by atoms with E-state index in [2.05, 4.69) is 58.9 Å². The number of para-hydroxylation sites is 1. The Morgan fingerprint density at radius 2 is 1.34 bits per heavy atom. The highest BCUT2D eigenvalue weighted by Gasteiger charge is 2.17. The number of carbonyl (C=O) groups excluding carboxylic acids is 1. The van der Waals surface area contributed by atoms with Gasteiger partial charge in [-0.05, 0) is 84.8 Å². The Balaban J connectivity index is 2.55. The minimum atomic E-state index is -0.466. The van der Waals surface area contributed by atoms with Crippen LogP contribution in [-0.4, -0.2) is 26.8 Å². The van der Waals surface area contributed by atoms with E-state index in [-0.39, 0.29) is 0 Å². The van der Waals surface area contributed by atoms with Crippen molar-refractivity contribution in [3.05, 3.63) is 82.7 Å². The van der Waals surface area contributed by atoms with E-state index in [1.54, 1.807) is 0 Å². The van der Waals surface area contributed by atoms with Crippen molar-refractivity contribution in [2.24, 2.45) is 0 Å². The molecule has 0 saturated heterocycles. The molecule has 0 bridgehead atoms. The highest BCUT2D eigenvalue weighted by molar-refractivity contribution is 6.16. The SMILES string of the molecule is C/C=C(\C)CC/C=C(\C)CC/C=C(\C)CC/C=C(\C)COc1ccccc1/C(=C/OC)C(=O)OC. The second kappa shape index (κ2) is 17.4. The molecule has 0 aliphatic carbocycles. The molecule has 0 unspecified atom stereocenters. The lowest BCUT2D eigenvalue weighted by Crippen LogP contribution is -2.07. The van der Waals surface area contributed by atoms with Crippen molar-refractivity contribution in [1.82, 2.24) is 0 Å². The number of hydrogen-bond donors (Lipinski definition) is 0. The molecule has 0 saturated carbocycles. The average Bonchev–Trinajstić information content (AvgIpc) is 2.85. The summed E-state index contributed by atoms with van der Waals surface area (Å²) in [6.07, 6.45) is 17.1. The number of allylic oxidation sites excluding steroid dienone is 7. The summed E-state index contributed by atoms with van der Waals surface area (Å²) in [6.45, 7) is 11.3. The van der Waals surface area contributed by atoms with Crippen molar-refractivity contribution in [2.75, 3.05) is 20.8 Å². The van der Waals surface area contributed by atoms with E-state index < -0.39 is 5.97 Å². The summed E-state index contributed by atoms with van der Waals surface area (Å²) in [5, 5.41) is 0. The van der Waals surface area contributed by atoms with Crippen LogP contribution in [0.15, 0.2) is 77.1 Å². The summed E-state index contributed by atoms with van der Waals surface area (Å²) < 4.78 is 16.0. The first-order chi connectivity index (χ1) is 16.8. The predicted molar refractivity (Wildman–Crippen MR) is 147 cm³/mol. The number of benzene rings is 1. The van der Waals surface area contributed by atoms with E-state index in [0.717, 1.165) is 44.1 Å². The minimum absolute atomic E-state index is 0.325. The Hall–Kier alpha value is -3.01. The van der Waals surface area contributed by atoms with E-state index in [1.807, 2.05) is 24.3 Å². The fourth-order valence-electron chi connectivity index (χ4n) is 3.50. The van der Waals surface area contributed by atoms with E-state index in [9.17, 15) is 4.79 Å². The summed E-state index contributed by atoms with van der Waals surface area (Å²) in [5.41, 5.74) is 6.47. The monoisotopic (exact) mass is 480 g/mol. The van der Waals surface area contributed by atoms with E-state index in [1.165, 1.54) is 37.2 Å². The third-order valence-corrected chi connectivity index (χ3v) is 5.86. The van der Waals surface area contributed by atoms with Crippen molar-refractivity contribution >= 4 is 11.5 Å². The third-order valence-electron chi connectivity index (χ3n) is 5.86. The molecule has 1 aromatic carbocycles. The molecule has 0 atom stereocenters. The van der Waals surface area contributed by atoms with Gasteiger partial charge >= 0.3 is 5.97 Å². The standard InChI is InChI=1S/C31H44O4/c1-8-24(2)14-11-15-25(3)16-12-17-26(4)18-13-19-27(5)22-35-30-21-10-9-20-28(30)29(23-33-6)31(32)34-7/h8-10,15,17,19-21,23H,11-14,16,18,22H2,1-7H3/b24-8+,25-15+,26-17+,27-19+,29-23-. The lowest BCUT2D eigenvalue weighted by Gasteiger charge is -2.13. The van der Waals surface area contributed by atoms with Crippen LogP contribution in [0.3, 0.4) is 0 Å². The molecule has 1 rings (SSSR count). The van der Waals surface area contributed by atoms with Crippen LogP contribution in [0, 0.1) is 0 Å². The van der Waals surface area contributed by atoms with Crippen LogP contribution in [0.2, 0.25) is 0 Å². The van der Waals surface area contributed by atoms with Gasteiger partial charge in [-0.15, -0.1) is 0 Å². The van der Waals surface area contributed by atoms with Crippen molar-refractivity contribution in [1.29, 1.82) is 0 Å². The van der Waals surface area contributed by atoms with Crippen LogP contribution in [0.1, 0.15) is 78.7 Å². The summed E-state index contributed by atoms with van der Waals surface area (Å²) in [6, 6.07) is 7.41. The van der Waals surface area contributed by atoms with Gasteiger partial charge in [-0.25, -0.2) is 4.79 Å². The van der Waals surface area contributed by atoms with Gasteiger partial charge in [0.25, 0.3) is 0 Å². The Labute approximate surface area is 213 Å². The van der Waals surface area contributed by atoms with Crippen LogP contribution in [0.4, 0.5) is 0 Å². The largest absolute Gasteiger partial charge is 0.503 e. The van der Waals surface area contributed by atoms with Crippen molar-refractivity contribution in [3.8, 4) is 5.75 Å². The fourth-order valence-corrected chi connectivity index (χ4v) is 3.50. The normalized spacial score (nSPS) is 13.6. The predicted octanol–water partition coefficient (Wildman–Crippen LogP) is 8.37. The van der Waals surface area contributed by atoms with E-state index >= 15 is 0 Å². The summed E-state index contributed by atoms with van der Waals surface area (Å²) >= 11 is 0. The second-order valence-corrected chi connectivity index (χ2v) is 8.95. The van der Waals surface area contributed by atoms with E-state index in [0.29, 0.717) is 23.5 Å². The zero-order chi connectivity index (χ0) is 26.1. The first kappa shape index (κ1) is 30.0. The third kappa shape index (κ3) is 12.3. The summed E-state index contributed by atoms with van der Waals surface area (Å²) in [5.74, 6) is 0.154. The van der Waals surface area contributed by atoms with Crippen LogP contribution < -0.4 is 4.74 Å². The number of hydrogen-bond acceptors (Lipinski definition) is 4. The topological polar surface area (TPSA) is 44.8 Å². The first-order valence-corrected chi connectivity index (χ1v) is 12.4. The van der Waals surface area contributed by atoms with Crippen molar-refractivity contribution < 1.29 is 19.0 Å². The maximum atomic E-state index is 12.1. The van der Waals surface area contributed by atoms with Gasteiger partial charge in [0.15, 0.2) is 0 Å². The number of methoxy groups -OCH3 is 2. The van der Waals surface area contributed by atoms with Gasteiger partial charge < -0.3 is 14.2 Å². The molecular weight excluding hydrogens is 436 g/mol. The molecule has 0 heterocycles. The molecule has 4 heteroatoms. The Bertz CT molecular complexity index is 944. The first-order valence-electron chi connectivity index (χ1n) is 12.4. The highest BCUT2D eigenvalue weighted by atomic mass is 16.5. The molecule has 0 amide bonds. The van der Waals surface area contributed by atoms with Gasteiger partial charge in [0.05, 0.1) is 20.5 Å². The molecule has 0 aromatic heterocycles. The summed E-state index contributed by atoms with van der Waals surface area (Å²) in [7, 11) is 2.85. The lowest BCUT2D eigenvalue weighted by molar-refractivity contribution is -0.133. The molecule has 0 spiro atoms. The summed E-state index contributed by atoms with van der Waals surface area (Å²) in [4.78, 5) is 12.1. The number of rotatable bonds is 15. The van der Waals surface area contributed by atoms with Gasteiger partial charge in [-0.3, -0.25) is 0 Å².